The molecule has 1 aliphatic rings. The number of rotatable bonds is 6. The molecule has 1 atom stereocenters. The molecule has 1 aliphatic heterocycles. The van der Waals surface area contributed by atoms with Crippen molar-refractivity contribution < 1.29 is 24.2 Å². The molecule has 0 saturated carbocycles. The number of para-hydroxylation sites is 1. The highest BCUT2D eigenvalue weighted by molar-refractivity contribution is 8.26. The zero-order valence-electron chi connectivity index (χ0n) is 14.3. The number of carbonyl (C=O) groups is 2. The molecule has 134 valence electrons. The summed E-state index contributed by atoms with van der Waals surface area (Å²) in [6, 6.07) is 4.18. The van der Waals surface area contributed by atoms with Crippen LogP contribution in [0, 0.1) is 5.92 Å². The van der Waals surface area contributed by atoms with Crippen LogP contribution in [0.2, 0.25) is 0 Å². The molecular formula is C17H18NO5S2-. The van der Waals surface area contributed by atoms with Crippen molar-refractivity contribution in [2.45, 2.75) is 19.9 Å². The fraction of sp³-hybridized carbons (Fsp3) is 0.353. The Bertz CT molecular complexity index is 745. The van der Waals surface area contributed by atoms with Crippen molar-refractivity contribution >= 4 is 46.3 Å². The van der Waals surface area contributed by atoms with Crippen LogP contribution in [0.3, 0.4) is 0 Å². The Morgan fingerprint density at radius 3 is 2.52 bits per heavy atom. The Morgan fingerprint density at radius 2 is 2.00 bits per heavy atom. The number of thioether (sulfide) groups is 1. The normalized spacial score (nSPS) is 17.3. The summed E-state index contributed by atoms with van der Waals surface area (Å²) >= 11 is 6.27. The van der Waals surface area contributed by atoms with Crippen LogP contribution in [-0.2, 0) is 9.59 Å². The van der Waals surface area contributed by atoms with Crippen molar-refractivity contribution in [1.82, 2.24) is 4.90 Å². The van der Waals surface area contributed by atoms with Crippen LogP contribution in [0.4, 0.5) is 0 Å². The number of ether oxygens (including phenoxy) is 2. The van der Waals surface area contributed by atoms with Crippen LogP contribution in [0.15, 0.2) is 23.1 Å². The number of methoxy groups -OCH3 is 2. The molecule has 0 aromatic heterocycles. The standard InChI is InChI=1S/C17H19NO5S2/c1-9(2)13(16(20)21)18-15(19)12(25-17(18)24)8-10-6-5-7-11(22-3)14(10)23-4/h5-9,13H,1-4H3,(H,20,21)/p-1/b12-8+/t13-/m1/s1. The first kappa shape index (κ1) is 19.3. The van der Waals surface area contributed by atoms with Gasteiger partial charge >= 0.3 is 0 Å². The molecule has 8 heteroatoms. The molecule has 0 N–H and O–H groups in total. The first-order chi connectivity index (χ1) is 11.8. The van der Waals surface area contributed by atoms with Crippen LogP contribution in [0.25, 0.3) is 6.08 Å². The fourth-order valence-corrected chi connectivity index (χ4v) is 3.88. The lowest BCUT2D eigenvalue weighted by atomic mass is 10.0. The predicted molar refractivity (Wildman–Crippen MR) is 98.2 cm³/mol. The van der Waals surface area contributed by atoms with Crippen molar-refractivity contribution in [3.63, 3.8) is 0 Å². The van der Waals surface area contributed by atoms with Crippen LogP contribution < -0.4 is 14.6 Å². The summed E-state index contributed by atoms with van der Waals surface area (Å²) in [5, 5.41) is 11.4. The molecule has 0 aliphatic carbocycles. The number of carboxylic acid groups (broad SMARTS) is 1. The molecular weight excluding hydrogens is 362 g/mol. The lowest BCUT2D eigenvalue weighted by molar-refractivity contribution is -0.311. The summed E-state index contributed by atoms with van der Waals surface area (Å²) in [5.74, 6) is -1.11. The van der Waals surface area contributed by atoms with Gasteiger partial charge in [-0.25, -0.2) is 0 Å². The molecule has 1 aromatic carbocycles. The van der Waals surface area contributed by atoms with E-state index in [1.165, 1.54) is 14.2 Å². The van der Waals surface area contributed by atoms with E-state index in [0.29, 0.717) is 22.0 Å². The van der Waals surface area contributed by atoms with Crippen LogP contribution in [-0.4, -0.2) is 41.4 Å². The maximum Gasteiger partial charge on any atom is 0.266 e. The summed E-state index contributed by atoms with van der Waals surface area (Å²) < 4.78 is 10.8. The van der Waals surface area contributed by atoms with Gasteiger partial charge in [-0.15, -0.1) is 0 Å². The van der Waals surface area contributed by atoms with E-state index in [-0.39, 0.29) is 10.2 Å². The molecule has 1 fully saturated rings. The van der Waals surface area contributed by atoms with Gasteiger partial charge in [0, 0.05) is 5.56 Å². The molecule has 1 saturated heterocycles. The summed E-state index contributed by atoms with van der Waals surface area (Å²) in [7, 11) is 3.03. The Balaban J connectivity index is 2.43. The Morgan fingerprint density at radius 1 is 1.32 bits per heavy atom. The topological polar surface area (TPSA) is 78.9 Å². The highest BCUT2D eigenvalue weighted by atomic mass is 32.2. The minimum Gasteiger partial charge on any atom is -0.548 e. The van der Waals surface area contributed by atoms with Gasteiger partial charge in [0.05, 0.1) is 31.1 Å². The average molecular weight is 380 g/mol. The number of hydrogen-bond acceptors (Lipinski definition) is 7. The molecule has 2 rings (SSSR count). The average Bonchev–Trinajstić information content (AvgIpc) is 2.82. The molecule has 0 radical (unpaired) electrons. The van der Waals surface area contributed by atoms with Crippen LogP contribution >= 0.6 is 24.0 Å². The van der Waals surface area contributed by atoms with Gasteiger partial charge in [0.15, 0.2) is 11.5 Å². The number of carbonyl (C=O) groups excluding carboxylic acids is 2. The maximum atomic E-state index is 12.7. The zero-order chi connectivity index (χ0) is 18.7. The lowest BCUT2D eigenvalue weighted by Gasteiger charge is -2.30. The number of nitrogens with zero attached hydrogens (tertiary/aromatic N) is 1. The number of thiocarbonyl (C=S) groups is 1. The second-order valence-electron chi connectivity index (χ2n) is 5.64. The van der Waals surface area contributed by atoms with Crippen molar-refractivity contribution in [3.8, 4) is 11.5 Å². The number of aliphatic carboxylic acids is 1. The predicted octanol–water partition coefficient (Wildman–Crippen LogP) is 1.68. The van der Waals surface area contributed by atoms with Crippen molar-refractivity contribution in [1.29, 1.82) is 0 Å². The minimum atomic E-state index is -1.33. The molecule has 0 unspecified atom stereocenters. The van der Waals surface area contributed by atoms with Crippen molar-refractivity contribution in [2.24, 2.45) is 5.92 Å². The molecule has 0 spiro atoms. The number of benzene rings is 1. The van der Waals surface area contributed by atoms with Gasteiger partial charge in [-0.3, -0.25) is 9.69 Å². The largest absolute Gasteiger partial charge is 0.548 e. The quantitative estimate of drug-likeness (QED) is 0.549. The number of amides is 1. The van der Waals surface area contributed by atoms with Crippen molar-refractivity contribution in [2.75, 3.05) is 14.2 Å². The Labute approximate surface area is 155 Å². The van der Waals surface area contributed by atoms with Gasteiger partial charge in [0.1, 0.15) is 4.32 Å². The minimum absolute atomic E-state index is 0.195. The summed E-state index contributed by atoms with van der Waals surface area (Å²) in [6.45, 7) is 3.40. The summed E-state index contributed by atoms with van der Waals surface area (Å²) in [6.07, 6.45) is 1.62. The Kier molecular flexibility index (Phi) is 6.07. The molecule has 1 heterocycles. The molecule has 1 aromatic rings. The SMILES string of the molecule is COc1cccc(/C=C2/SC(=S)N([C@@H](C(=O)[O-])C(C)C)C2=O)c1OC. The Hall–Kier alpha value is -2.06. The van der Waals surface area contributed by atoms with Crippen LogP contribution in [0.1, 0.15) is 19.4 Å². The molecule has 0 bridgehead atoms. The second-order valence-corrected chi connectivity index (χ2v) is 7.32. The van der Waals surface area contributed by atoms with Gasteiger partial charge < -0.3 is 19.4 Å². The summed E-state index contributed by atoms with van der Waals surface area (Å²) in [5.41, 5.74) is 0.636. The second kappa shape index (κ2) is 7.88. The van der Waals surface area contributed by atoms with E-state index in [4.69, 9.17) is 21.7 Å². The molecule has 6 nitrogen and oxygen atoms in total. The highest BCUT2D eigenvalue weighted by Gasteiger charge is 2.39. The number of carboxylic acids is 1. The highest BCUT2D eigenvalue weighted by Crippen LogP contribution is 2.38. The van der Waals surface area contributed by atoms with E-state index >= 15 is 0 Å². The van der Waals surface area contributed by atoms with Gasteiger partial charge in [0.25, 0.3) is 5.91 Å². The van der Waals surface area contributed by atoms with Gasteiger partial charge in [-0.2, -0.15) is 0 Å². The monoisotopic (exact) mass is 380 g/mol. The number of hydrogen-bond donors (Lipinski definition) is 0. The van der Waals surface area contributed by atoms with E-state index in [1.807, 2.05) is 0 Å². The van der Waals surface area contributed by atoms with E-state index in [1.54, 1.807) is 38.1 Å². The first-order valence-corrected chi connectivity index (χ1v) is 8.73. The van der Waals surface area contributed by atoms with Crippen molar-refractivity contribution in [3.05, 3.63) is 28.7 Å². The van der Waals surface area contributed by atoms with E-state index < -0.39 is 17.9 Å². The fourth-order valence-electron chi connectivity index (χ4n) is 2.56. The first-order valence-electron chi connectivity index (χ1n) is 7.50. The van der Waals surface area contributed by atoms with Crippen LogP contribution in [0.5, 0.6) is 11.5 Å². The van der Waals surface area contributed by atoms with Gasteiger partial charge in [0.2, 0.25) is 0 Å². The van der Waals surface area contributed by atoms with E-state index in [2.05, 4.69) is 0 Å². The van der Waals surface area contributed by atoms with Gasteiger partial charge in [-0.1, -0.05) is 50.0 Å². The summed E-state index contributed by atoms with van der Waals surface area (Å²) in [4.78, 5) is 25.6. The maximum absolute atomic E-state index is 12.7. The third-order valence-corrected chi connectivity index (χ3v) is 5.03. The third-order valence-electron chi connectivity index (χ3n) is 3.69. The van der Waals surface area contributed by atoms with Gasteiger partial charge in [-0.05, 0) is 18.1 Å². The molecule has 25 heavy (non-hydrogen) atoms. The molecule has 1 amide bonds. The smallest absolute Gasteiger partial charge is 0.266 e. The van der Waals surface area contributed by atoms with E-state index in [0.717, 1.165) is 16.7 Å². The zero-order valence-corrected chi connectivity index (χ0v) is 15.9. The van der Waals surface area contributed by atoms with E-state index in [9.17, 15) is 14.7 Å². The lowest BCUT2D eigenvalue weighted by Crippen LogP contribution is -2.52. The third kappa shape index (κ3) is 3.80.